The van der Waals surface area contributed by atoms with Crippen molar-refractivity contribution in [3.63, 3.8) is 0 Å². The summed E-state index contributed by atoms with van der Waals surface area (Å²) in [6, 6.07) is 4.83. The highest BCUT2D eigenvalue weighted by Gasteiger charge is 2.13. The summed E-state index contributed by atoms with van der Waals surface area (Å²) in [5.74, 6) is 0.571. The molecule has 112 valence electrons. The van der Waals surface area contributed by atoms with E-state index < -0.39 is 0 Å². The van der Waals surface area contributed by atoms with Gasteiger partial charge in [0.2, 0.25) is 0 Å². The van der Waals surface area contributed by atoms with Crippen molar-refractivity contribution in [3.05, 3.63) is 29.6 Å². The third kappa shape index (κ3) is 4.18. The molecule has 1 N–H and O–H groups in total. The molecule has 1 aromatic rings. The maximum absolute atomic E-state index is 13.3. The number of hydrogen-bond acceptors (Lipinski definition) is 3. The molecule has 1 aliphatic heterocycles. The van der Waals surface area contributed by atoms with Crippen molar-refractivity contribution in [1.82, 2.24) is 10.2 Å². The highest BCUT2D eigenvalue weighted by molar-refractivity contribution is 5.36. The van der Waals surface area contributed by atoms with Gasteiger partial charge in [0, 0.05) is 18.2 Å². The van der Waals surface area contributed by atoms with E-state index in [2.05, 4.69) is 10.2 Å². The highest BCUT2D eigenvalue weighted by atomic mass is 19.1. The van der Waals surface area contributed by atoms with Crippen LogP contribution in [0, 0.1) is 5.82 Å². The van der Waals surface area contributed by atoms with Gasteiger partial charge < -0.3 is 15.0 Å². The molecule has 0 amide bonds. The summed E-state index contributed by atoms with van der Waals surface area (Å²) >= 11 is 0. The van der Waals surface area contributed by atoms with Crippen LogP contribution in [0.3, 0.4) is 0 Å². The molecule has 0 spiro atoms. The Labute approximate surface area is 121 Å². The highest BCUT2D eigenvalue weighted by Crippen LogP contribution is 2.26. The van der Waals surface area contributed by atoms with Gasteiger partial charge in [-0.25, -0.2) is 4.39 Å². The van der Waals surface area contributed by atoms with Crippen LogP contribution < -0.4 is 10.1 Å². The Morgan fingerprint density at radius 3 is 2.80 bits per heavy atom. The lowest BCUT2D eigenvalue weighted by atomic mass is 10.1. The SMILES string of the molecule is CNC(C)c1cc(F)ccc1OCCCN1CCCC1. The van der Waals surface area contributed by atoms with Crippen LogP contribution in [0.5, 0.6) is 5.75 Å². The molecule has 2 rings (SSSR count). The molecule has 3 nitrogen and oxygen atoms in total. The van der Waals surface area contributed by atoms with Gasteiger partial charge in [-0.05, 0) is 64.5 Å². The Morgan fingerprint density at radius 1 is 1.35 bits per heavy atom. The summed E-state index contributed by atoms with van der Waals surface area (Å²) in [5.41, 5.74) is 0.883. The fourth-order valence-corrected chi connectivity index (χ4v) is 2.62. The topological polar surface area (TPSA) is 24.5 Å². The molecule has 1 aliphatic rings. The number of ether oxygens (including phenoxy) is 1. The van der Waals surface area contributed by atoms with Crippen molar-refractivity contribution in [2.24, 2.45) is 0 Å². The Bertz CT molecular complexity index is 419. The Hall–Kier alpha value is -1.13. The van der Waals surface area contributed by atoms with E-state index in [-0.39, 0.29) is 11.9 Å². The number of rotatable bonds is 7. The number of benzene rings is 1. The van der Waals surface area contributed by atoms with Crippen LogP contribution >= 0.6 is 0 Å². The first kappa shape index (κ1) is 15.3. The molecule has 1 unspecified atom stereocenters. The number of nitrogens with one attached hydrogen (secondary N) is 1. The van der Waals surface area contributed by atoms with E-state index in [0.717, 1.165) is 24.3 Å². The second-order valence-corrected chi connectivity index (χ2v) is 5.44. The maximum atomic E-state index is 13.3. The van der Waals surface area contributed by atoms with Crippen LogP contribution in [0.2, 0.25) is 0 Å². The Kier molecular flexibility index (Phi) is 5.80. The number of halogens is 1. The van der Waals surface area contributed by atoms with E-state index in [4.69, 9.17) is 4.74 Å². The molecule has 0 aromatic heterocycles. The minimum atomic E-state index is -0.216. The summed E-state index contributed by atoms with van der Waals surface area (Å²) < 4.78 is 19.2. The van der Waals surface area contributed by atoms with Crippen molar-refractivity contribution in [3.8, 4) is 5.75 Å². The number of hydrogen-bond donors (Lipinski definition) is 1. The molecule has 1 fully saturated rings. The van der Waals surface area contributed by atoms with E-state index in [1.807, 2.05) is 14.0 Å². The van der Waals surface area contributed by atoms with Crippen molar-refractivity contribution >= 4 is 0 Å². The molecule has 4 heteroatoms. The first-order chi connectivity index (χ1) is 9.70. The fraction of sp³-hybridized carbons (Fsp3) is 0.625. The van der Waals surface area contributed by atoms with Crippen molar-refractivity contribution in [1.29, 1.82) is 0 Å². The first-order valence-electron chi connectivity index (χ1n) is 7.52. The Morgan fingerprint density at radius 2 is 2.10 bits per heavy atom. The lowest BCUT2D eigenvalue weighted by Crippen LogP contribution is -2.22. The zero-order valence-electron chi connectivity index (χ0n) is 12.5. The van der Waals surface area contributed by atoms with Crippen LogP contribution in [0.15, 0.2) is 18.2 Å². The predicted molar refractivity (Wildman–Crippen MR) is 79.7 cm³/mol. The maximum Gasteiger partial charge on any atom is 0.124 e. The average molecular weight is 280 g/mol. The molecule has 0 saturated carbocycles. The monoisotopic (exact) mass is 280 g/mol. The molecule has 1 atom stereocenters. The minimum Gasteiger partial charge on any atom is -0.493 e. The summed E-state index contributed by atoms with van der Waals surface area (Å²) in [6.45, 7) is 6.23. The molecular formula is C16H25FN2O. The average Bonchev–Trinajstić information content (AvgIpc) is 2.97. The van der Waals surface area contributed by atoms with E-state index in [1.165, 1.54) is 32.0 Å². The van der Waals surface area contributed by atoms with Crippen LogP contribution in [0.25, 0.3) is 0 Å². The molecule has 1 saturated heterocycles. The molecular weight excluding hydrogens is 255 g/mol. The zero-order valence-corrected chi connectivity index (χ0v) is 12.5. The third-order valence-corrected chi connectivity index (χ3v) is 3.95. The van der Waals surface area contributed by atoms with Gasteiger partial charge in [-0.3, -0.25) is 0 Å². The van der Waals surface area contributed by atoms with Gasteiger partial charge in [-0.15, -0.1) is 0 Å². The molecule has 1 heterocycles. The summed E-state index contributed by atoms with van der Waals surface area (Å²) in [7, 11) is 1.87. The summed E-state index contributed by atoms with van der Waals surface area (Å²) in [6.07, 6.45) is 3.66. The smallest absolute Gasteiger partial charge is 0.124 e. The van der Waals surface area contributed by atoms with Gasteiger partial charge in [0.25, 0.3) is 0 Å². The number of likely N-dealkylation sites (tertiary alicyclic amines) is 1. The van der Waals surface area contributed by atoms with E-state index in [0.29, 0.717) is 6.61 Å². The van der Waals surface area contributed by atoms with E-state index >= 15 is 0 Å². The van der Waals surface area contributed by atoms with Crippen LogP contribution in [0.4, 0.5) is 4.39 Å². The van der Waals surface area contributed by atoms with Crippen molar-refractivity contribution < 1.29 is 9.13 Å². The zero-order chi connectivity index (χ0) is 14.4. The van der Waals surface area contributed by atoms with Crippen molar-refractivity contribution in [2.45, 2.75) is 32.2 Å². The van der Waals surface area contributed by atoms with Gasteiger partial charge >= 0.3 is 0 Å². The van der Waals surface area contributed by atoms with Gasteiger partial charge in [-0.1, -0.05) is 0 Å². The predicted octanol–water partition coefficient (Wildman–Crippen LogP) is 2.97. The third-order valence-electron chi connectivity index (χ3n) is 3.95. The fourth-order valence-electron chi connectivity index (χ4n) is 2.62. The van der Waals surface area contributed by atoms with Crippen LogP contribution in [-0.4, -0.2) is 38.2 Å². The second kappa shape index (κ2) is 7.60. The molecule has 0 aliphatic carbocycles. The van der Waals surface area contributed by atoms with Gasteiger partial charge in [-0.2, -0.15) is 0 Å². The van der Waals surface area contributed by atoms with E-state index in [9.17, 15) is 4.39 Å². The van der Waals surface area contributed by atoms with Crippen LogP contribution in [0.1, 0.15) is 37.8 Å². The molecule has 20 heavy (non-hydrogen) atoms. The lowest BCUT2D eigenvalue weighted by molar-refractivity contribution is 0.260. The standard InChI is InChI=1S/C16H25FN2O/c1-13(18-2)15-12-14(17)6-7-16(15)20-11-5-10-19-8-3-4-9-19/h6-7,12-13,18H,3-5,8-11H2,1-2H3. The summed E-state index contributed by atoms with van der Waals surface area (Å²) in [4.78, 5) is 2.48. The van der Waals surface area contributed by atoms with E-state index in [1.54, 1.807) is 12.1 Å². The lowest BCUT2D eigenvalue weighted by Gasteiger charge is -2.18. The van der Waals surface area contributed by atoms with Gasteiger partial charge in [0.15, 0.2) is 0 Å². The largest absolute Gasteiger partial charge is 0.493 e. The normalized spacial score (nSPS) is 17.4. The quantitative estimate of drug-likeness (QED) is 0.777. The minimum absolute atomic E-state index is 0.0827. The summed E-state index contributed by atoms with van der Waals surface area (Å²) in [5, 5.41) is 3.13. The molecule has 0 radical (unpaired) electrons. The number of nitrogens with zero attached hydrogens (tertiary/aromatic N) is 1. The second-order valence-electron chi connectivity index (χ2n) is 5.44. The van der Waals surface area contributed by atoms with Gasteiger partial charge in [0.05, 0.1) is 6.61 Å². The van der Waals surface area contributed by atoms with Crippen molar-refractivity contribution in [2.75, 3.05) is 33.3 Å². The Balaban J connectivity index is 1.84. The molecule has 1 aromatic carbocycles. The first-order valence-corrected chi connectivity index (χ1v) is 7.52. The van der Waals surface area contributed by atoms with Gasteiger partial charge in [0.1, 0.15) is 11.6 Å². The van der Waals surface area contributed by atoms with Crippen LogP contribution in [-0.2, 0) is 0 Å². The molecule has 0 bridgehead atoms.